The average molecular weight is 389 g/mol. The zero-order chi connectivity index (χ0) is 20.5. The summed E-state index contributed by atoms with van der Waals surface area (Å²) in [6, 6.07) is 17.2. The van der Waals surface area contributed by atoms with Crippen LogP contribution in [0.2, 0.25) is 0 Å². The molecular formula is C22H23N5O2. The number of rotatable bonds is 4. The van der Waals surface area contributed by atoms with Crippen LogP contribution in [-0.4, -0.2) is 21.5 Å². The number of nitrogen functional groups attached to an aromatic ring is 1. The second-order valence-electron chi connectivity index (χ2n) is 7.46. The second kappa shape index (κ2) is 7.43. The SMILES string of the molecule is CC(C)c1ccc(NC(=O)C2CC(=O)Nn3c(N)nc(-c4ccccc4)c32)cc1. The van der Waals surface area contributed by atoms with E-state index in [-0.39, 0.29) is 24.2 Å². The molecule has 2 heterocycles. The van der Waals surface area contributed by atoms with Gasteiger partial charge in [-0.1, -0.05) is 56.3 Å². The molecule has 2 aromatic carbocycles. The van der Waals surface area contributed by atoms with E-state index in [1.54, 1.807) is 0 Å². The summed E-state index contributed by atoms with van der Waals surface area (Å²) in [5, 5.41) is 2.93. The number of carbonyl (C=O) groups excluding carboxylic acids is 2. The van der Waals surface area contributed by atoms with Gasteiger partial charge in [0.2, 0.25) is 17.8 Å². The zero-order valence-electron chi connectivity index (χ0n) is 16.3. The third-order valence-corrected chi connectivity index (χ3v) is 5.10. The van der Waals surface area contributed by atoms with Crippen molar-refractivity contribution in [3.63, 3.8) is 0 Å². The molecule has 4 rings (SSSR count). The molecule has 0 fully saturated rings. The molecule has 0 aliphatic carbocycles. The zero-order valence-corrected chi connectivity index (χ0v) is 16.3. The van der Waals surface area contributed by atoms with Crippen LogP contribution in [0.4, 0.5) is 11.6 Å². The van der Waals surface area contributed by atoms with Crippen molar-refractivity contribution in [1.82, 2.24) is 9.66 Å². The molecule has 0 bridgehead atoms. The Labute approximate surface area is 168 Å². The highest BCUT2D eigenvalue weighted by atomic mass is 16.2. The van der Waals surface area contributed by atoms with E-state index in [9.17, 15) is 9.59 Å². The maximum atomic E-state index is 13.1. The Bertz CT molecular complexity index is 1050. The molecule has 1 aliphatic heterocycles. The molecule has 1 atom stereocenters. The Kier molecular flexibility index (Phi) is 4.80. The van der Waals surface area contributed by atoms with Crippen LogP contribution >= 0.6 is 0 Å². The predicted octanol–water partition coefficient (Wildman–Crippen LogP) is 3.45. The van der Waals surface area contributed by atoms with Crippen LogP contribution in [-0.2, 0) is 9.59 Å². The van der Waals surface area contributed by atoms with Gasteiger partial charge in [-0.3, -0.25) is 15.0 Å². The molecule has 4 N–H and O–H groups in total. The molecule has 0 saturated heterocycles. The Morgan fingerprint density at radius 3 is 2.52 bits per heavy atom. The lowest BCUT2D eigenvalue weighted by Gasteiger charge is -2.25. The van der Waals surface area contributed by atoms with E-state index >= 15 is 0 Å². The van der Waals surface area contributed by atoms with Gasteiger partial charge in [0.05, 0.1) is 17.3 Å². The molecular weight excluding hydrogens is 366 g/mol. The minimum atomic E-state index is -0.700. The van der Waals surface area contributed by atoms with Gasteiger partial charge < -0.3 is 11.1 Å². The molecule has 1 aliphatic rings. The molecule has 0 saturated carbocycles. The van der Waals surface area contributed by atoms with Crippen LogP contribution in [0.15, 0.2) is 54.6 Å². The Morgan fingerprint density at radius 2 is 1.86 bits per heavy atom. The first kappa shape index (κ1) is 18.7. The van der Waals surface area contributed by atoms with Crippen LogP contribution in [0.25, 0.3) is 11.3 Å². The van der Waals surface area contributed by atoms with Gasteiger partial charge in [-0.25, -0.2) is 9.66 Å². The van der Waals surface area contributed by atoms with Crippen LogP contribution in [0, 0.1) is 0 Å². The molecule has 0 spiro atoms. The van der Waals surface area contributed by atoms with Crippen LogP contribution in [0.5, 0.6) is 0 Å². The van der Waals surface area contributed by atoms with Gasteiger partial charge in [-0.05, 0) is 23.6 Å². The van der Waals surface area contributed by atoms with Gasteiger partial charge in [-0.2, -0.15) is 0 Å². The highest BCUT2D eigenvalue weighted by Gasteiger charge is 2.36. The summed E-state index contributed by atoms with van der Waals surface area (Å²) < 4.78 is 1.42. The van der Waals surface area contributed by atoms with Gasteiger partial charge in [0.25, 0.3) is 0 Å². The van der Waals surface area contributed by atoms with Crippen LogP contribution < -0.4 is 16.5 Å². The van der Waals surface area contributed by atoms with Gasteiger partial charge in [0, 0.05) is 17.7 Å². The number of hydrogen-bond acceptors (Lipinski definition) is 4. The number of hydrogen-bond donors (Lipinski definition) is 3. The first-order chi connectivity index (χ1) is 13.9. The standard InChI is InChI=1S/C22H23N5O2/c1-13(2)14-8-10-16(11-9-14)24-21(29)17-12-18(28)26-27-20(17)19(25-22(27)23)15-6-4-3-5-7-15/h3-11,13,17H,12H2,1-2H3,(H2,23,25)(H,24,29)(H,26,28). The third kappa shape index (κ3) is 3.59. The molecule has 29 heavy (non-hydrogen) atoms. The number of amides is 2. The van der Waals surface area contributed by atoms with Crippen molar-refractivity contribution < 1.29 is 9.59 Å². The summed E-state index contributed by atoms with van der Waals surface area (Å²) in [6.07, 6.45) is 0.0286. The average Bonchev–Trinajstić information content (AvgIpc) is 3.05. The van der Waals surface area contributed by atoms with Crippen molar-refractivity contribution in [3.05, 3.63) is 65.9 Å². The first-order valence-corrected chi connectivity index (χ1v) is 9.58. The first-order valence-electron chi connectivity index (χ1n) is 9.58. The fourth-order valence-corrected chi connectivity index (χ4v) is 3.55. The number of imidazole rings is 1. The van der Waals surface area contributed by atoms with Crippen molar-refractivity contribution in [2.24, 2.45) is 0 Å². The maximum absolute atomic E-state index is 13.1. The second-order valence-corrected chi connectivity index (χ2v) is 7.46. The summed E-state index contributed by atoms with van der Waals surface area (Å²) in [5.41, 5.74) is 12.6. The predicted molar refractivity (Wildman–Crippen MR) is 113 cm³/mol. The molecule has 7 heteroatoms. The quantitative estimate of drug-likeness (QED) is 0.636. The fourth-order valence-electron chi connectivity index (χ4n) is 3.55. The lowest BCUT2D eigenvalue weighted by Crippen LogP contribution is -2.37. The minimum absolute atomic E-state index is 0.0286. The minimum Gasteiger partial charge on any atom is -0.368 e. The summed E-state index contributed by atoms with van der Waals surface area (Å²) in [5.74, 6) is -0.695. The fraction of sp³-hybridized carbons (Fsp3) is 0.227. The van der Waals surface area contributed by atoms with E-state index in [2.05, 4.69) is 29.6 Å². The van der Waals surface area contributed by atoms with Gasteiger partial charge in [0.1, 0.15) is 0 Å². The van der Waals surface area contributed by atoms with E-state index in [1.165, 1.54) is 10.2 Å². The Hall–Kier alpha value is -3.61. The maximum Gasteiger partial charge on any atom is 0.240 e. The molecule has 7 nitrogen and oxygen atoms in total. The van der Waals surface area contributed by atoms with Gasteiger partial charge in [0.15, 0.2) is 0 Å². The molecule has 0 radical (unpaired) electrons. The van der Waals surface area contributed by atoms with Crippen molar-refractivity contribution in [1.29, 1.82) is 0 Å². The number of nitrogens with zero attached hydrogens (tertiary/aromatic N) is 2. The largest absolute Gasteiger partial charge is 0.368 e. The number of aromatic nitrogens is 2. The molecule has 1 unspecified atom stereocenters. The number of carbonyl (C=O) groups is 2. The van der Waals surface area contributed by atoms with Crippen molar-refractivity contribution >= 4 is 23.5 Å². The molecule has 148 valence electrons. The summed E-state index contributed by atoms with van der Waals surface area (Å²) >= 11 is 0. The summed E-state index contributed by atoms with van der Waals surface area (Å²) in [4.78, 5) is 29.7. The highest BCUT2D eigenvalue weighted by molar-refractivity contribution is 6.02. The number of benzene rings is 2. The number of anilines is 2. The summed E-state index contributed by atoms with van der Waals surface area (Å²) in [6.45, 7) is 4.23. The lowest BCUT2D eigenvalue weighted by atomic mass is 9.94. The lowest BCUT2D eigenvalue weighted by molar-refractivity contribution is -0.124. The highest BCUT2D eigenvalue weighted by Crippen LogP contribution is 2.35. The normalized spacial score (nSPS) is 15.7. The van der Waals surface area contributed by atoms with Crippen LogP contribution in [0.3, 0.4) is 0 Å². The van der Waals surface area contributed by atoms with Gasteiger partial charge >= 0.3 is 0 Å². The summed E-state index contributed by atoms with van der Waals surface area (Å²) in [7, 11) is 0. The number of fused-ring (bicyclic) bond motifs is 1. The van der Waals surface area contributed by atoms with Crippen molar-refractivity contribution in [2.75, 3.05) is 16.5 Å². The third-order valence-electron chi connectivity index (χ3n) is 5.10. The van der Waals surface area contributed by atoms with E-state index in [0.717, 1.165) is 5.56 Å². The smallest absolute Gasteiger partial charge is 0.240 e. The van der Waals surface area contributed by atoms with E-state index in [0.29, 0.717) is 23.0 Å². The van der Waals surface area contributed by atoms with Crippen LogP contribution in [0.1, 0.15) is 43.4 Å². The Balaban J connectivity index is 1.68. The van der Waals surface area contributed by atoms with Crippen molar-refractivity contribution in [2.45, 2.75) is 32.1 Å². The molecule has 3 aromatic rings. The topological polar surface area (TPSA) is 102 Å². The molecule has 1 aromatic heterocycles. The van der Waals surface area contributed by atoms with E-state index in [4.69, 9.17) is 5.73 Å². The molecule has 2 amide bonds. The van der Waals surface area contributed by atoms with Crippen molar-refractivity contribution in [3.8, 4) is 11.3 Å². The monoisotopic (exact) mass is 389 g/mol. The van der Waals surface area contributed by atoms with E-state index in [1.807, 2.05) is 54.6 Å². The Morgan fingerprint density at radius 1 is 1.17 bits per heavy atom. The number of nitrogens with two attached hydrogens (primary N) is 1. The van der Waals surface area contributed by atoms with E-state index < -0.39 is 5.92 Å². The van der Waals surface area contributed by atoms with Gasteiger partial charge in [-0.15, -0.1) is 0 Å². The number of nitrogens with one attached hydrogen (secondary N) is 2.